The van der Waals surface area contributed by atoms with E-state index in [9.17, 15) is 0 Å². The second-order valence-corrected chi connectivity index (χ2v) is 7.08. The highest BCUT2D eigenvalue weighted by Crippen LogP contribution is 2.22. The van der Waals surface area contributed by atoms with Crippen molar-refractivity contribution in [1.82, 2.24) is 0 Å². The van der Waals surface area contributed by atoms with Gasteiger partial charge in [-0.15, -0.1) is 0 Å². The maximum Gasteiger partial charge on any atom is 0.154 e. The molecule has 3 aromatic rings. The van der Waals surface area contributed by atoms with E-state index in [1.54, 1.807) is 0 Å². The number of hydrogen-bond donors (Lipinski definition) is 0. The zero-order chi connectivity index (χ0) is 19.9. The van der Waals surface area contributed by atoms with E-state index in [1.165, 1.54) is 22.3 Å². The normalized spacial score (nSPS) is 13.8. The first kappa shape index (κ1) is 18.8. The molecular weight excluding hydrogens is 352 g/mol. The van der Waals surface area contributed by atoms with Crippen molar-refractivity contribution in [2.24, 2.45) is 9.98 Å². The van der Waals surface area contributed by atoms with Gasteiger partial charge in [0.15, 0.2) is 5.84 Å². The van der Waals surface area contributed by atoms with Gasteiger partial charge >= 0.3 is 0 Å². The van der Waals surface area contributed by atoms with Gasteiger partial charge in [0.1, 0.15) is 0 Å². The van der Waals surface area contributed by atoms with Crippen molar-refractivity contribution < 1.29 is 0 Å². The van der Waals surface area contributed by atoms with Crippen LogP contribution in [-0.4, -0.2) is 12.6 Å². The van der Waals surface area contributed by atoms with Gasteiger partial charge in [-0.3, -0.25) is 4.99 Å². The van der Waals surface area contributed by atoms with Crippen LogP contribution in [0.4, 0.5) is 0 Å². The van der Waals surface area contributed by atoms with Crippen LogP contribution in [0.2, 0.25) is 0 Å². The van der Waals surface area contributed by atoms with E-state index in [0.717, 1.165) is 24.0 Å². The van der Waals surface area contributed by atoms with Gasteiger partial charge < -0.3 is 0 Å². The molecule has 0 aromatic heterocycles. The molecule has 4 rings (SSSR count). The summed E-state index contributed by atoms with van der Waals surface area (Å²) in [5, 5.41) is 0. The van der Waals surface area contributed by atoms with Crippen molar-refractivity contribution in [2.75, 3.05) is 0 Å². The Balaban J connectivity index is 1.47. The van der Waals surface area contributed by atoms with Gasteiger partial charge in [0.2, 0.25) is 0 Å². The van der Waals surface area contributed by atoms with E-state index < -0.39 is 0 Å². The Hall–Kier alpha value is -3.52. The van der Waals surface area contributed by atoms with E-state index in [4.69, 9.17) is 0 Å². The first-order chi connectivity index (χ1) is 14.3. The van der Waals surface area contributed by atoms with Crippen molar-refractivity contribution in [3.8, 4) is 11.1 Å². The summed E-state index contributed by atoms with van der Waals surface area (Å²) in [6.07, 6.45) is 8.94. The summed E-state index contributed by atoms with van der Waals surface area (Å²) < 4.78 is 0. The Kier molecular flexibility index (Phi) is 5.92. The quantitative estimate of drug-likeness (QED) is 0.348. The molecule has 29 heavy (non-hydrogen) atoms. The van der Waals surface area contributed by atoms with Gasteiger partial charge in [0, 0.05) is 5.56 Å². The molecule has 3 aromatic carbocycles. The molecule has 2 nitrogen and oxygen atoms in total. The number of aliphatic imine (C=N–C) groups is 2. The highest BCUT2D eigenvalue weighted by molar-refractivity contribution is 6.01. The maximum atomic E-state index is 4.69. The molecule has 0 amide bonds. The fraction of sp³-hybridized carbons (Fsp3) is 0.111. The predicted molar refractivity (Wildman–Crippen MR) is 124 cm³/mol. The number of hydrogen-bond acceptors (Lipinski definition) is 1. The smallest absolute Gasteiger partial charge is 0.154 e. The summed E-state index contributed by atoms with van der Waals surface area (Å²) in [5.74, 6) is 0.678. The standard InChI is InChI=1S/C27H24N2/c1-28-27(26-18-16-25(17-19-26)23-10-6-3-7-11-23)29-20-21-12-14-24(15-13-21)22-8-4-2-5-9-22/h2,4-6,8-19H,1,3,7,20H2. The lowest BCUT2D eigenvalue weighted by Gasteiger charge is -2.08. The molecule has 0 N–H and O–H groups in total. The van der Waals surface area contributed by atoms with Crippen molar-refractivity contribution in [2.45, 2.75) is 19.4 Å². The van der Waals surface area contributed by atoms with E-state index in [-0.39, 0.29) is 0 Å². The van der Waals surface area contributed by atoms with Crippen LogP contribution >= 0.6 is 0 Å². The third-order valence-electron chi connectivity index (χ3n) is 5.09. The van der Waals surface area contributed by atoms with E-state index in [0.29, 0.717) is 12.4 Å². The number of benzene rings is 3. The molecule has 1 aliphatic rings. The summed E-state index contributed by atoms with van der Waals surface area (Å²) in [5.41, 5.74) is 7.09. The lowest BCUT2D eigenvalue weighted by atomic mass is 9.98. The molecule has 0 saturated heterocycles. The minimum atomic E-state index is 0.582. The van der Waals surface area contributed by atoms with Gasteiger partial charge in [0.05, 0.1) is 6.54 Å². The number of nitrogens with zero attached hydrogens (tertiary/aromatic N) is 2. The van der Waals surface area contributed by atoms with Crippen LogP contribution in [0.3, 0.4) is 0 Å². The summed E-state index contributed by atoms with van der Waals surface area (Å²) in [6.45, 7) is 4.29. The Bertz CT molecular complexity index is 1050. The van der Waals surface area contributed by atoms with Crippen LogP contribution in [0.5, 0.6) is 0 Å². The SMILES string of the molecule is C=NC(=NCc1ccc(-c2ccccc2)cc1)c1ccc(C2=CCCC=C2)cc1. The van der Waals surface area contributed by atoms with Crippen LogP contribution in [0, 0.1) is 0 Å². The molecule has 0 radical (unpaired) electrons. The molecule has 0 spiro atoms. The minimum absolute atomic E-state index is 0.582. The third kappa shape index (κ3) is 4.67. The Morgan fingerprint density at radius 2 is 1.45 bits per heavy atom. The van der Waals surface area contributed by atoms with Crippen LogP contribution in [0.15, 0.2) is 107 Å². The van der Waals surface area contributed by atoms with Gasteiger partial charge in [-0.1, -0.05) is 97.1 Å². The Morgan fingerprint density at radius 1 is 0.759 bits per heavy atom. The molecule has 0 bridgehead atoms. The lowest BCUT2D eigenvalue weighted by molar-refractivity contribution is 1.04. The van der Waals surface area contributed by atoms with Crippen molar-refractivity contribution >= 4 is 18.1 Å². The number of rotatable bonds is 5. The fourth-order valence-electron chi connectivity index (χ4n) is 3.47. The molecule has 1 aliphatic carbocycles. The molecule has 0 saturated carbocycles. The lowest BCUT2D eigenvalue weighted by Crippen LogP contribution is -1.98. The van der Waals surface area contributed by atoms with Crippen LogP contribution in [-0.2, 0) is 6.54 Å². The van der Waals surface area contributed by atoms with Crippen LogP contribution < -0.4 is 0 Å². The Labute approximate surface area is 172 Å². The van der Waals surface area contributed by atoms with Crippen molar-refractivity contribution in [3.63, 3.8) is 0 Å². The first-order valence-corrected chi connectivity index (χ1v) is 9.96. The Morgan fingerprint density at radius 3 is 2.10 bits per heavy atom. The average Bonchev–Trinajstić information content (AvgIpc) is 2.81. The molecule has 0 atom stereocenters. The summed E-state index contributed by atoms with van der Waals surface area (Å²) >= 11 is 0. The largest absolute Gasteiger partial charge is 0.261 e. The molecule has 2 heteroatoms. The fourth-order valence-corrected chi connectivity index (χ4v) is 3.47. The molecule has 0 unspecified atom stereocenters. The van der Waals surface area contributed by atoms with E-state index >= 15 is 0 Å². The highest BCUT2D eigenvalue weighted by atomic mass is 14.9. The summed E-state index contributed by atoms with van der Waals surface area (Å²) in [7, 11) is 0. The van der Waals surface area contributed by atoms with Crippen molar-refractivity contribution in [3.05, 3.63) is 114 Å². The molecular formula is C27H24N2. The summed E-state index contributed by atoms with van der Waals surface area (Å²) in [6, 6.07) is 27.3. The predicted octanol–water partition coefficient (Wildman–Crippen LogP) is 6.73. The van der Waals surface area contributed by atoms with E-state index in [1.807, 2.05) is 6.07 Å². The van der Waals surface area contributed by atoms with Crippen LogP contribution in [0.1, 0.15) is 29.5 Å². The molecule has 0 heterocycles. The zero-order valence-corrected chi connectivity index (χ0v) is 16.5. The van der Waals surface area contributed by atoms with E-state index in [2.05, 4.69) is 108 Å². The number of allylic oxidation sites excluding steroid dienone is 4. The number of amidine groups is 1. The zero-order valence-electron chi connectivity index (χ0n) is 16.5. The monoisotopic (exact) mass is 376 g/mol. The van der Waals surface area contributed by atoms with Gasteiger partial charge in [-0.05, 0) is 47.4 Å². The minimum Gasteiger partial charge on any atom is -0.261 e. The highest BCUT2D eigenvalue weighted by Gasteiger charge is 2.05. The second-order valence-electron chi connectivity index (χ2n) is 7.08. The first-order valence-electron chi connectivity index (χ1n) is 9.96. The molecule has 142 valence electrons. The van der Waals surface area contributed by atoms with Gasteiger partial charge in [-0.25, -0.2) is 4.99 Å². The van der Waals surface area contributed by atoms with Crippen LogP contribution in [0.25, 0.3) is 16.7 Å². The van der Waals surface area contributed by atoms with Crippen molar-refractivity contribution in [1.29, 1.82) is 0 Å². The summed E-state index contributed by atoms with van der Waals surface area (Å²) in [4.78, 5) is 8.84. The second kappa shape index (κ2) is 9.11. The van der Waals surface area contributed by atoms with Gasteiger partial charge in [0.25, 0.3) is 0 Å². The maximum absolute atomic E-state index is 4.69. The van der Waals surface area contributed by atoms with Gasteiger partial charge in [-0.2, -0.15) is 0 Å². The average molecular weight is 377 g/mol. The topological polar surface area (TPSA) is 24.7 Å². The third-order valence-corrected chi connectivity index (χ3v) is 5.09. The molecule has 0 fully saturated rings. The molecule has 0 aliphatic heterocycles.